The molecule has 1 aliphatic carbocycles. The van der Waals surface area contributed by atoms with Crippen LogP contribution in [-0.2, 0) is 6.54 Å². The fourth-order valence-corrected chi connectivity index (χ4v) is 3.89. The first-order valence-corrected chi connectivity index (χ1v) is 9.98. The highest BCUT2D eigenvalue weighted by Crippen LogP contribution is 2.22. The van der Waals surface area contributed by atoms with Crippen molar-refractivity contribution in [2.45, 2.75) is 51.6 Å². The van der Waals surface area contributed by atoms with E-state index >= 15 is 0 Å². The fourth-order valence-electron chi connectivity index (χ4n) is 3.89. The molecule has 0 unspecified atom stereocenters. The molecule has 2 heterocycles. The number of rotatable bonds is 5. The average molecular weight is 356 g/mol. The van der Waals surface area contributed by atoms with Crippen LogP contribution >= 0.6 is 0 Å². The lowest BCUT2D eigenvalue weighted by Crippen LogP contribution is -2.43. The van der Waals surface area contributed by atoms with Crippen LogP contribution in [0.4, 0.5) is 0 Å². The Labute approximate surface area is 158 Å². The molecule has 2 N–H and O–H groups in total. The second kappa shape index (κ2) is 9.28. The summed E-state index contributed by atoms with van der Waals surface area (Å²) >= 11 is 0. The number of hydrogen-bond acceptors (Lipinski definition) is 5. The van der Waals surface area contributed by atoms with Gasteiger partial charge in [-0.15, -0.1) is 0 Å². The quantitative estimate of drug-likeness (QED) is 0.825. The van der Waals surface area contributed by atoms with E-state index in [0.29, 0.717) is 6.04 Å². The molecule has 0 aromatic carbocycles. The summed E-state index contributed by atoms with van der Waals surface area (Å²) in [7, 11) is 2.19. The molecule has 1 aromatic rings. The van der Waals surface area contributed by atoms with Crippen LogP contribution in [0.15, 0.2) is 29.5 Å². The van der Waals surface area contributed by atoms with Crippen LogP contribution in [0.25, 0.3) is 5.57 Å². The summed E-state index contributed by atoms with van der Waals surface area (Å²) in [6, 6.07) is 4.72. The average Bonchev–Trinajstić information content (AvgIpc) is 2.66. The monoisotopic (exact) mass is 355 g/mol. The first-order valence-electron chi connectivity index (χ1n) is 9.98. The van der Waals surface area contributed by atoms with Crippen LogP contribution in [0.5, 0.6) is 0 Å². The number of likely N-dealkylation sites (N-methyl/N-ethyl adjacent to an activating group) is 1. The summed E-state index contributed by atoms with van der Waals surface area (Å²) < 4.78 is 0. The molecule has 0 spiro atoms. The third-order valence-electron chi connectivity index (χ3n) is 5.61. The van der Waals surface area contributed by atoms with E-state index in [-0.39, 0.29) is 0 Å². The van der Waals surface area contributed by atoms with Gasteiger partial charge in [0.25, 0.3) is 0 Å². The molecular formula is C21H33N5. The van der Waals surface area contributed by atoms with Crippen LogP contribution in [0.3, 0.4) is 0 Å². The topological polar surface area (TPSA) is 57.8 Å². The van der Waals surface area contributed by atoms with Gasteiger partial charge in [0.05, 0.1) is 11.7 Å². The Morgan fingerprint density at radius 1 is 1.19 bits per heavy atom. The van der Waals surface area contributed by atoms with Gasteiger partial charge in [-0.3, -0.25) is 14.9 Å². The second-order valence-electron chi connectivity index (χ2n) is 7.72. The van der Waals surface area contributed by atoms with Crippen molar-refractivity contribution in [1.82, 2.24) is 14.8 Å². The van der Waals surface area contributed by atoms with Crippen molar-refractivity contribution < 1.29 is 0 Å². The zero-order chi connectivity index (χ0) is 18.4. The van der Waals surface area contributed by atoms with E-state index in [2.05, 4.69) is 40.9 Å². The van der Waals surface area contributed by atoms with E-state index < -0.39 is 0 Å². The van der Waals surface area contributed by atoms with Crippen molar-refractivity contribution in [3.8, 4) is 0 Å². The molecule has 26 heavy (non-hydrogen) atoms. The van der Waals surface area contributed by atoms with Gasteiger partial charge in [-0.25, -0.2) is 0 Å². The smallest absolute Gasteiger partial charge is 0.0734 e. The lowest BCUT2D eigenvalue weighted by atomic mass is 9.95. The molecule has 0 atom stereocenters. The van der Waals surface area contributed by atoms with Gasteiger partial charge in [0.15, 0.2) is 0 Å². The lowest BCUT2D eigenvalue weighted by Gasteiger charge is -2.32. The Bertz CT molecular complexity index is 620. The highest BCUT2D eigenvalue weighted by molar-refractivity contribution is 6.22. The first-order chi connectivity index (χ1) is 12.7. The number of piperazine rings is 1. The molecule has 1 aliphatic heterocycles. The van der Waals surface area contributed by atoms with Crippen molar-refractivity contribution in [1.29, 1.82) is 0 Å². The SMILES string of the molecule is CC(=NC1CCCCC1)/C(=C\N)c1ccc(CN2CCN(C)CC2)cn1. The minimum absolute atomic E-state index is 0.454. The van der Waals surface area contributed by atoms with Crippen molar-refractivity contribution in [2.24, 2.45) is 10.7 Å². The van der Waals surface area contributed by atoms with Gasteiger partial charge in [-0.05, 0) is 38.4 Å². The van der Waals surface area contributed by atoms with E-state index in [1.54, 1.807) is 6.20 Å². The Balaban J connectivity index is 1.63. The van der Waals surface area contributed by atoms with Crippen LogP contribution in [-0.4, -0.2) is 59.8 Å². The molecule has 1 saturated heterocycles. The number of pyridine rings is 1. The molecule has 142 valence electrons. The number of aliphatic imine (C=N–C) groups is 1. The maximum Gasteiger partial charge on any atom is 0.0734 e. The largest absolute Gasteiger partial charge is 0.404 e. The van der Waals surface area contributed by atoms with Gasteiger partial charge in [0.2, 0.25) is 0 Å². The van der Waals surface area contributed by atoms with Gasteiger partial charge in [-0.2, -0.15) is 0 Å². The van der Waals surface area contributed by atoms with Crippen LogP contribution in [0.2, 0.25) is 0 Å². The van der Waals surface area contributed by atoms with Gasteiger partial charge < -0.3 is 10.6 Å². The third-order valence-corrected chi connectivity index (χ3v) is 5.61. The summed E-state index contributed by atoms with van der Waals surface area (Å²) in [4.78, 5) is 14.5. The highest BCUT2D eigenvalue weighted by Gasteiger charge is 2.16. The minimum atomic E-state index is 0.454. The van der Waals surface area contributed by atoms with Crippen LogP contribution in [0, 0.1) is 0 Å². The molecule has 2 aliphatic rings. The molecule has 3 rings (SSSR count). The van der Waals surface area contributed by atoms with E-state index in [1.807, 2.05) is 6.20 Å². The van der Waals surface area contributed by atoms with E-state index in [0.717, 1.165) is 49.7 Å². The predicted octanol–water partition coefficient (Wildman–Crippen LogP) is 2.92. The first kappa shape index (κ1) is 19.1. The molecule has 1 saturated carbocycles. The zero-order valence-electron chi connectivity index (χ0n) is 16.3. The lowest BCUT2D eigenvalue weighted by molar-refractivity contribution is 0.148. The molecule has 0 radical (unpaired) electrons. The molecule has 0 amide bonds. The number of nitrogens with two attached hydrogens (primary N) is 1. The molecule has 0 bridgehead atoms. The fraction of sp³-hybridized carbons (Fsp3) is 0.619. The number of allylic oxidation sites excluding steroid dienone is 1. The molecule has 5 heteroatoms. The van der Waals surface area contributed by atoms with Crippen LogP contribution in [0.1, 0.15) is 50.3 Å². The third kappa shape index (κ3) is 5.15. The summed E-state index contributed by atoms with van der Waals surface area (Å²) in [6.07, 6.45) is 9.99. The zero-order valence-corrected chi connectivity index (χ0v) is 16.3. The summed E-state index contributed by atoms with van der Waals surface area (Å²) in [6.45, 7) is 7.56. The predicted molar refractivity (Wildman–Crippen MR) is 109 cm³/mol. The highest BCUT2D eigenvalue weighted by atomic mass is 15.2. The molecule has 2 fully saturated rings. The van der Waals surface area contributed by atoms with Gasteiger partial charge in [-0.1, -0.05) is 25.3 Å². The van der Waals surface area contributed by atoms with E-state index in [1.165, 1.54) is 37.7 Å². The standard InChI is InChI=1S/C21H33N5/c1-17(24-19-6-4-3-5-7-19)20(14-22)21-9-8-18(15-23-21)16-26-12-10-25(2)11-13-26/h8-9,14-15,19H,3-7,10-13,16,22H2,1-2H3/b20-14+,24-17?. The number of nitrogens with zero attached hydrogens (tertiary/aromatic N) is 4. The Hall–Kier alpha value is -1.72. The minimum Gasteiger partial charge on any atom is -0.404 e. The number of hydrogen-bond donors (Lipinski definition) is 1. The Morgan fingerprint density at radius 2 is 1.92 bits per heavy atom. The van der Waals surface area contributed by atoms with Gasteiger partial charge >= 0.3 is 0 Å². The normalized spacial score (nSPS) is 21.9. The molecule has 5 nitrogen and oxygen atoms in total. The van der Waals surface area contributed by atoms with Crippen molar-refractivity contribution >= 4 is 11.3 Å². The maximum atomic E-state index is 5.92. The van der Waals surface area contributed by atoms with Crippen molar-refractivity contribution in [2.75, 3.05) is 33.2 Å². The molecular weight excluding hydrogens is 322 g/mol. The summed E-state index contributed by atoms with van der Waals surface area (Å²) in [5.74, 6) is 0. The summed E-state index contributed by atoms with van der Waals surface area (Å²) in [5.41, 5.74) is 10.1. The molecule has 1 aromatic heterocycles. The van der Waals surface area contributed by atoms with E-state index in [9.17, 15) is 0 Å². The van der Waals surface area contributed by atoms with Crippen molar-refractivity contribution in [3.05, 3.63) is 35.8 Å². The Morgan fingerprint density at radius 3 is 2.54 bits per heavy atom. The summed E-state index contributed by atoms with van der Waals surface area (Å²) in [5, 5.41) is 0. The van der Waals surface area contributed by atoms with Gasteiger partial charge in [0, 0.05) is 56.4 Å². The van der Waals surface area contributed by atoms with E-state index in [4.69, 9.17) is 10.7 Å². The van der Waals surface area contributed by atoms with Crippen LogP contribution < -0.4 is 5.73 Å². The maximum absolute atomic E-state index is 5.92. The number of aromatic nitrogens is 1. The van der Waals surface area contributed by atoms with Gasteiger partial charge in [0.1, 0.15) is 0 Å². The van der Waals surface area contributed by atoms with Crippen molar-refractivity contribution in [3.63, 3.8) is 0 Å². The Kier molecular flexibility index (Phi) is 6.80. The second-order valence-corrected chi connectivity index (χ2v) is 7.72.